The molecule has 2 aromatic carbocycles. The fraction of sp³-hybridized carbons (Fsp3) is 0.0500. The van der Waals surface area contributed by atoms with Gasteiger partial charge in [-0.25, -0.2) is 14.5 Å². The Morgan fingerprint density at radius 3 is 2.72 bits per heavy atom. The van der Waals surface area contributed by atoms with Gasteiger partial charge in [0.2, 0.25) is 0 Å². The van der Waals surface area contributed by atoms with Crippen molar-refractivity contribution in [2.75, 3.05) is 0 Å². The number of hydrogen-bond donors (Lipinski definition) is 1. The Morgan fingerprint density at radius 2 is 2.00 bits per heavy atom. The minimum absolute atomic E-state index is 0.0403. The van der Waals surface area contributed by atoms with E-state index < -0.39 is 10.9 Å². The molecule has 0 radical (unpaired) electrons. The van der Waals surface area contributed by atoms with Gasteiger partial charge in [0, 0.05) is 27.6 Å². The third-order valence-electron chi connectivity index (χ3n) is 4.57. The van der Waals surface area contributed by atoms with E-state index in [1.54, 1.807) is 48.1 Å². The predicted octanol–water partition coefficient (Wildman–Crippen LogP) is 4.76. The van der Waals surface area contributed by atoms with Crippen molar-refractivity contribution in [3.8, 4) is 16.9 Å². The summed E-state index contributed by atoms with van der Waals surface area (Å²) in [7, 11) is 0. The number of carboxylic acid groups (broad SMARTS) is 1. The van der Waals surface area contributed by atoms with E-state index >= 15 is 0 Å². The molecule has 0 aliphatic carbocycles. The van der Waals surface area contributed by atoms with Gasteiger partial charge in [0.25, 0.3) is 5.69 Å². The summed E-state index contributed by atoms with van der Waals surface area (Å²) in [5.41, 5.74) is 2.97. The first kappa shape index (κ1) is 18.8. The van der Waals surface area contributed by atoms with Gasteiger partial charge in [0.15, 0.2) is 0 Å². The molecule has 0 spiro atoms. The summed E-state index contributed by atoms with van der Waals surface area (Å²) in [5.74, 6) is -1.06. The van der Waals surface area contributed by atoms with Crippen LogP contribution in [-0.4, -0.2) is 30.8 Å². The van der Waals surface area contributed by atoms with Gasteiger partial charge >= 0.3 is 5.97 Å². The summed E-state index contributed by atoms with van der Waals surface area (Å²) in [4.78, 5) is 27.0. The Hall–Kier alpha value is -3.59. The third kappa shape index (κ3) is 3.36. The van der Waals surface area contributed by atoms with Crippen molar-refractivity contribution >= 4 is 38.5 Å². The lowest BCUT2D eigenvalue weighted by molar-refractivity contribution is -0.384. The van der Waals surface area contributed by atoms with Crippen LogP contribution in [0, 0.1) is 17.0 Å². The number of halogens is 1. The molecule has 29 heavy (non-hydrogen) atoms. The molecule has 2 aromatic heterocycles. The molecule has 8 nitrogen and oxygen atoms in total. The van der Waals surface area contributed by atoms with E-state index in [1.807, 2.05) is 0 Å². The Bertz CT molecular complexity index is 1300. The Labute approximate surface area is 172 Å². The molecule has 0 amide bonds. The summed E-state index contributed by atoms with van der Waals surface area (Å²) in [6.07, 6.45) is 1.58. The molecule has 0 unspecified atom stereocenters. The molecule has 0 bridgehead atoms. The van der Waals surface area contributed by atoms with Gasteiger partial charge in [-0.3, -0.25) is 10.1 Å². The SMILES string of the molecule is Cc1c(-c2cc(C(=O)O)c3cc(Br)ccc3n2)cnn1-c1cccc([N+](=O)[O-])c1. The lowest BCUT2D eigenvalue weighted by atomic mass is 10.0. The molecule has 1 N–H and O–H groups in total. The number of carboxylic acids is 1. The first-order valence-corrected chi connectivity index (χ1v) is 9.28. The molecule has 0 saturated carbocycles. The van der Waals surface area contributed by atoms with Crippen LogP contribution in [0.4, 0.5) is 5.69 Å². The fourth-order valence-corrected chi connectivity index (χ4v) is 3.53. The standard InChI is InChI=1S/C20H13BrN4O4/c1-11-17(10-22-24(11)13-3-2-4-14(8-13)25(28)29)19-9-16(20(26)27)15-7-12(21)5-6-18(15)23-19/h2-10H,1H3,(H,26,27). The van der Waals surface area contributed by atoms with Gasteiger partial charge in [-0.15, -0.1) is 0 Å². The summed E-state index contributed by atoms with van der Waals surface area (Å²) < 4.78 is 2.33. The number of hydrogen-bond acceptors (Lipinski definition) is 5. The van der Waals surface area contributed by atoms with Crippen LogP contribution < -0.4 is 0 Å². The van der Waals surface area contributed by atoms with Crippen molar-refractivity contribution in [2.45, 2.75) is 6.92 Å². The number of pyridine rings is 1. The van der Waals surface area contributed by atoms with Crippen LogP contribution in [0.2, 0.25) is 0 Å². The number of nitro groups is 1. The zero-order chi connectivity index (χ0) is 20.7. The molecule has 0 saturated heterocycles. The first-order chi connectivity index (χ1) is 13.8. The zero-order valence-corrected chi connectivity index (χ0v) is 16.6. The maximum absolute atomic E-state index is 11.8. The van der Waals surface area contributed by atoms with Gasteiger partial charge in [-0.2, -0.15) is 5.10 Å². The molecule has 0 aliphatic rings. The van der Waals surface area contributed by atoms with Crippen LogP contribution in [0.1, 0.15) is 16.1 Å². The number of aromatic nitrogens is 3. The lowest BCUT2D eigenvalue weighted by Crippen LogP contribution is -2.02. The summed E-state index contributed by atoms with van der Waals surface area (Å²) >= 11 is 3.35. The highest BCUT2D eigenvalue weighted by molar-refractivity contribution is 9.10. The molecule has 4 rings (SSSR count). The highest BCUT2D eigenvalue weighted by Crippen LogP contribution is 2.30. The van der Waals surface area contributed by atoms with Crippen molar-refractivity contribution < 1.29 is 14.8 Å². The molecule has 0 aliphatic heterocycles. The highest BCUT2D eigenvalue weighted by Gasteiger charge is 2.18. The van der Waals surface area contributed by atoms with Crippen molar-refractivity contribution in [3.63, 3.8) is 0 Å². The summed E-state index contributed by atoms with van der Waals surface area (Å²) in [6.45, 7) is 1.80. The molecular formula is C20H13BrN4O4. The molecule has 9 heteroatoms. The summed E-state index contributed by atoms with van der Waals surface area (Å²) in [6, 6.07) is 12.9. The molecule has 144 valence electrons. The monoisotopic (exact) mass is 452 g/mol. The number of carbonyl (C=O) groups is 1. The number of non-ortho nitro benzene ring substituents is 1. The highest BCUT2D eigenvalue weighted by atomic mass is 79.9. The number of aromatic carboxylic acids is 1. The third-order valence-corrected chi connectivity index (χ3v) is 5.07. The van der Waals surface area contributed by atoms with Gasteiger partial charge in [0.1, 0.15) is 0 Å². The number of nitrogens with zero attached hydrogens (tertiary/aromatic N) is 4. The topological polar surface area (TPSA) is 111 Å². The van der Waals surface area contributed by atoms with E-state index in [-0.39, 0.29) is 11.3 Å². The molecular weight excluding hydrogens is 440 g/mol. The Kier molecular flexibility index (Phi) is 4.59. The summed E-state index contributed by atoms with van der Waals surface area (Å²) in [5, 5.41) is 25.6. The van der Waals surface area contributed by atoms with E-state index in [0.717, 1.165) is 4.47 Å². The van der Waals surface area contributed by atoms with E-state index in [4.69, 9.17) is 0 Å². The van der Waals surface area contributed by atoms with Crippen LogP contribution >= 0.6 is 15.9 Å². The number of fused-ring (bicyclic) bond motifs is 1. The van der Waals surface area contributed by atoms with Crippen molar-refractivity contribution in [1.82, 2.24) is 14.8 Å². The van der Waals surface area contributed by atoms with Crippen molar-refractivity contribution in [2.24, 2.45) is 0 Å². The van der Waals surface area contributed by atoms with Crippen LogP contribution in [0.5, 0.6) is 0 Å². The van der Waals surface area contributed by atoms with Gasteiger partial charge in [-0.1, -0.05) is 22.0 Å². The van der Waals surface area contributed by atoms with Crippen LogP contribution in [0.3, 0.4) is 0 Å². The average molecular weight is 453 g/mol. The number of nitro benzene ring substituents is 1. The Balaban J connectivity index is 1.88. The zero-order valence-electron chi connectivity index (χ0n) is 15.0. The second-order valence-corrected chi connectivity index (χ2v) is 7.27. The van der Waals surface area contributed by atoms with Crippen molar-refractivity contribution in [3.05, 3.63) is 80.6 Å². The maximum Gasteiger partial charge on any atom is 0.336 e. The quantitative estimate of drug-likeness (QED) is 0.352. The lowest BCUT2D eigenvalue weighted by Gasteiger charge is -2.08. The first-order valence-electron chi connectivity index (χ1n) is 8.48. The largest absolute Gasteiger partial charge is 0.478 e. The minimum Gasteiger partial charge on any atom is -0.478 e. The number of benzene rings is 2. The second-order valence-electron chi connectivity index (χ2n) is 6.35. The van der Waals surface area contributed by atoms with E-state index in [9.17, 15) is 20.0 Å². The average Bonchev–Trinajstić information content (AvgIpc) is 3.08. The molecule has 2 heterocycles. The minimum atomic E-state index is -1.06. The smallest absolute Gasteiger partial charge is 0.336 e. The van der Waals surface area contributed by atoms with Crippen LogP contribution in [-0.2, 0) is 0 Å². The van der Waals surface area contributed by atoms with E-state index in [1.165, 1.54) is 18.2 Å². The van der Waals surface area contributed by atoms with Gasteiger partial charge in [-0.05, 0) is 37.3 Å². The van der Waals surface area contributed by atoms with Crippen molar-refractivity contribution in [1.29, 1.82) is 0 Å². The van der Waals surface area contributed by atoms with Crippen LogP contribution in [0.15, 0.2) is 59.2 Å². The predicted molar refractivity (Wildman–Crippen MR) is 110 cm³/mol. The molecule has 0 atom stereocenters. The number of rotatable bonds is 4. The second kappa shape index (κ2) is 7.10. The normalized spacial score (nSPS) is 11.0. The molecule has 0 fully saturated rings. The molecule has 4 aromatic rings. The van der Waals surface area contributed by atoms with Gasteiger partial charge in [0.05, 0.1) is 39.3 Å². The maximum atomic E-state index is 11.8. The van der Waals surface area contributed by atoms with E-state index in [0.29, 0.717) is 33.5 Å². The Morgan fingerprint density at radius 1 is 1.21 bits per heavy atom. The fourth-order valence-electron chi connectivity index (χ4n) is 3.17. The van der Waals surface area contributed by atoms with E-state index in [2.05, 4.69) is 26.0 Å². The van der Waals surface area contributed by atoms with Gasteiger partial charge < -0.3 is 5.11 Å². The van der Waals surface area contributed by atoms with Crippen LogP contribution in [0.25, 0.3) is 27.8 Å².